The number of benzene rings is 1. The quantitative estimate of drug-likeness (QED) is 0.712. The van der Waals surface area contributed by atoms with Gasteiger partial charge in [0.05, 0.1) is 24.5 Å². The highest BCUT2D eigenvalue weighted by Crippen LogP contribution is 2.34. The number of esters is 1. The van der Waals surface area contributed by atoms with Crippen LogP contribution >= 0.6 is 11.8 Å². The van der Waals surface area contributed by atoms with E-state index in [1.807, 2.05) is 0 Å². The van der Waals surface area contributed by atoms with Crippen molar-refractivity contribution in [1.82, 2.24) is 9.80 Å². The molecule has 1 aromatic rings. The Morgan fingerprint density at radius 3 is 2.41 bits per heavy atom. The van der Waals surface area contributed by atoms with Crippen LogP contribution in [0, 0.1) is 5.92 Å². The Balaban J connectivity index is 1.80. The Morgan fingerprint density at radius 1 is 1.15 bits per heavy atom. The molecule has 5 nitrogen and oxygen atoms in total. The fraction of sp³-hybridized carbons (Fsp3) is 0.556. The third-order valence-corrected chi connectivity index (χ3v) is 5.95. The van der Waals surface area contributed by atoms with Crippen LogP contribution in [0.2, 0.25) is 0 Å². The van der Waals surface area contributed by atoms with Crippen LogP contribution in [0.4, 0.5) is 18.0 Å². The van der Waals surface area contributed by atoms with Gasteiger partial charge >= 0.3 is 18.2 Å². The molecule has 0 N–H and O–H groups in total. The van der Waals surface area contributed by atoms with Crippen molar-refractivity contribution in [2.45, 2.75) is 18.5 Å². The maximum absolute atomic E-state index is 12.8. The van der Waals surface area contributed by atoms with Gasteiger partial charge in [0.25, 0.3) is 0 Å². The van der Waals surface area contributed by atoms with Gasteiger partial charge in [-0.2, -0.15) is 13.2 Å². The van der Waals surface area contributed by atoms with Crippen LogP contribution in [-0.2, 0) is 15.7 Å². The highest BCUT2D eigenvalue weighted by molar-refractivity contribution is 7.99. The summed E-state index contributed by atoms with van der Waals surface area (Å²) in [5.74, 6) is 0.380. The summed E-state index contributed by atoms with van der Waals surface area (Å²) in [6.45, 7) is 1.30. The maximum atomic E-state index is 12.8. The molecule has 2 atom stereocenters. The van der Waals surface area contributed by atoms with E-state index in [4.69, 9.17) is 4.74 Å². The number of hydrogen-bond acceptors (Lipinski definition) is 4. The summed E-state index contributed by atoms with van der Waals surface area (Å²) in [7, 11) is 1.30. The SMILES string of the molecule is COC(=O)C1CC(c2ccc(C(F)(F)F)cc2)CN(C(=O)N2CCSC2)C1. The minimum atomic E-state index is -4.39. The van der Waals surface area contributed by atoms with E-state index >= 15 is 0 Å². The number of thioether (sulfide) groups is 1. The van der Waals surface area contributed by atoms with E-state index < -0.39 is 23.6 Å². The molecule has 2 unspecified atom stereocenters. The van der Waals surface area contributed by atoms with Gasteiger partial charge in [-0.1, -0.05) is 12.1 Å². The van der Waals surface area contributed by atoms with E-state index in [-0.39, 0.29) is 18.5 Å². The van der Waals surface area contributed by atoms with Crippen molar-refractivity contribution < 1.29 is 27.5 Å². The number of rotatable bonds is 2. The van der Waals surface area contributed by atoms with Gasteiger partial charge in [0.1, 0.15) is 0 Å². The van der Waals surface area contributed by atoms with Crippen LogP contribution in [0.3, 0.4) is 0 Å². The molecular weight excluding hydrogens is 381 g/mol. The maximum Gasteiger partial charge on any atom is 0.416 e. The molecule has 0 aliphatic carbocycles. The van der Waals surface area contributed by atoms with Crippen LogP contribution in [0.15, 0.2) is 24.3 Å². The number of amides is 2. The number of alkyl halides is 3. The van der Waals surface area contributed by atoms with Gasteiger partial charge < -0.3 is 14.5 Å². The summed E-state index contributed by atoms with van der Waals surface area (Å²) in [6, 6.07) is 4.81. The standard InChI is InChI=1S/C18H21F3N2O3S/c1-26-16(24)14-8-13(12-2-4-15(5-3-12)18(19,20)21)9-23(10-14)17(25)22-6-7-27-11-22/h2-5,13-14H,6-11H2,1H3. The molecule has 9 heteroatoms. The third kappa shape index (κ3) is 4.51. The summed E-state index contributed by atoms with van der Waals surface area (Å²) in [6.07, 6.45) is -3.95. The largest absolute Gasteiger partial charge is 0.469 e. The number of urea groups is 1. The molecule has 1 aromatic carbocycles. The van der Waals surface area contributed by atoms with E-state index in [0.29, 0.717) is 31.0 Å². The number of halogens is 3. The molecule has 0 spiro atoms. The molecule has 2 amide bonds. The fourth-order valence-electron chi connectivity index (χ4n) is 3.54. The number of hydrogen-bond donors (Lipinski definition) is 0. The number of piperidine rings is 1. The van der Waals surface area contributed by atoms with Crippen LogP contribution in [0.1, 0.15) is 23.5 Å². The Labute approximate surface area is 159 Å². The van der Waals surface area contributed by atoms with Gasteiger partial charge in [-0.15, -0.1) is 11.8 Å². The van der Waals surface area contributed by atoms with Crippen molar-refractivity contribution in [3.05, 3.63) is 35.4 Å². The molecule has 3 rings (SSSR count). The van der Waals surface area contributed by atoms with Gasteiger partial charge in [-0.25, -0.2) is 4.79 Å². The number of carbonyl (C=O) groups excluding carboxylic acids is 2. The first-order valence-electron chi connectivity index (χ1n) is 8.66. The van der Waals surface area contributed by atoms with E-state index in [0.717, 1.165) is 17.9 Å². The van der Waals surface area contributed by atoms with Crippen LogP contribution in [-0.4, -0.2) is 60.2 Å². The van der Waals surface area contributed by atoms with Gasteiger partial charge in [0.2, 0.25) is 0 Å². The first-order chi connectivity index (χ1) is 12.8. The first-order valence-corrected chi connectivity index (χ1v) is 9.81. The Bertz CT molecular complexity index is 690. The summed E-state index contributed by atoms with van der Waals surface area (Å²) in [5.41, 5.74) is -0.0289. The van der Waals surface area contributed by atoms with Crippen molar-refractivity contribution in [3.63, 3.8) is 0 Å². The fourth-order valence-corrected chi connectivity index (χ4v) is 4.48. The van der Waals surface area contributed by atoms with Gasteiger partial charge in [0, 0.05) is 31.3 Å². The van der Waals surface area contributed by atoms with Crippen molar-refractivity contribution in [3.8, 4) is 0 Å². The second-order valence-electron chi connectivity index (χ2n) is 6.76. The smallest absolute Gasteiger partial charge is 0.416 e. The number of nitrogens with zero attached hydrogens (tertiary/aromatic N) is 2. The van der Waals surface area contributed by atoms with Crippen molar-refractivity contribution >= 4 is 23.8 Å². The lowest BCUT2D eigenvalue weighted by molar-refractivity contribution is -0.147. The molecule has 2 aliphatic heterocycles. The molecule has 0 bridgehead atoms. The molecule has 2 aliphatic rings. The molecule has 0 saturated carbocycles. The molecular formula is C18H21F3N2O3S. The summed E-state index contributed by atoms with van der Waals surface area (Å²) in [4.78, 5) is 28.2. The van der Waals surface area contributed by atoms with Crippen molar-refractivity contribution in [1.29, 1.82) is 0 Å². The highest BCUT2D eigenvalue weighted by Gasteiger charge is 2.37. The van der Waals surface area contributed by atoms with Crippen molar-refractivity contribution in [2.75, 3.05) is 38.4 Å². The second-order valence-corrected chi connectivity index (χ2v) is 7.84. The topological polar surface area (TPSA) is 49.9 Å². The molecule has 27 heavy (non-hydrogen) atoms. The predicted molar refractivity (Wildman–Crippen MR) is 95.3 cm³/mol. The molecule has 2 fully saturated rings. The lowest BCUT2D eigenvalue weighted by Gasteiger charge is -2.38. The summed E-state index contributed by atoms with van der Waals surface area (Å²) in [5, 5.41) is 0. The Morgan fingerprint density at radius 2 is 1.85 bits per heavy atom. The molecule has 2 saturated heterocycles. The van der Waals surface area contributed by atoms with E-state index in [2.05, 4.69) is 0 Å². The molecule has 0 radical (unpaired) electrons. The first kappa shape index (κ1) is 19.9. The normalized spacial score (nSPS) is 23.4. The Kier molecular flexibility index (Phi) is 5.88. The van der Waals surface area contributed by atoms with Crippen LogP contribution in [0.5, 0.6) is 0 Å². The minimum Gasteiger partial charge on any atom is -0.469 e. The van der Waals surface area contributed by atoms with E-state index in [1.165, 1.54) is 19.2 Å². The third-order valence-electron chi connectivity index (χ3n) is 4.99. The molecule has 0 aromatic heterocycles. The lowest BCUT2D eigenvalue weighted by Crippen LogP contribution is -2.50. The van der Waals surface area contributed by atoms with Crippen LogP contribution < -0.4 is 0 Å². The molecule has 148 valence electrons. The highest BCUT2D eigenvalue weighted by atomic mass is 32.2. The average molecular weight is 402 g/mol. The zero-order chi connectivity index (χ0) is 19.6. The summed E-state index contributed by atoms with van der Waals surface area (Å²) >= 11 is 1.67. The predicted octanol–water partition coefficient (Wildman–Crippen LogP) is 3.41. The monoisotopic (exact) mass is 402 g/mol. The minimum absolute atomic E-state index is 0.134. The zero-order valence-electron chi connectivity index (χ0n) is 14.9. The van der Waals surface area contributed by atoms with Gasteiger partial charge in [0.15, 0.2) is 0 Å². The van der Waals surface area contributed by atoms with Gasteiger partial charge in [-0.3, -0.25) is 4.79 Å². The summed E-state index contributed by atoms with van der Waals surface area (Å²) < 4.78 is 43.2. The average Bonchev–Trinajstić information content (AvgIpc) is 3.20. The van der Waals surface area contributed by atoms with E-state index in [1.54, 1.807) is 21.6 Å². The van der Waals surface area contributed by atoms with Crippen LogP contribution in [0.25, 0.3) is 0 Å². The van der Waals surface area contributed by atoms with Crippen molar-refractivity contribution in [2.24, 2.45) is 5.92 Å². The zero-order valence-corrected chi connectivity index (χ0v) is 15.7. The van der Waals surface area contributed by atoms with Gasteiger partial charge in [-0.05, 0) is 24.1 Å². The molecule has 2 heterocycles. The number of ether oxygens (including phenoxy) is 1. The second kappa shape index (κ2) is 8.00. The Hall–Kier alpha value is -1.90. The number of likely N-dealkylation sites (tertiary alicyclic amines) is 1. The number of carbonyl (C=O) groups is 2. The van der Waals surface area contributed by atoms with E-state index in [9.17, 15) is 22.8 Å². The lowest BCUT2D eigenvalue weighted by atomic mass is 9.84. The number of methoxy groups -OCH3 is 1.